The number of fused-ring (bicyclic) bond motifs is 1. The van der Waals surface area contributed by atoms with Gasteiger partial charge in [0.2, 0.25) is 0 Å². The van der Waals surface area contributed by atoms with E-state index in [4.69, 9.17) is 14.9 Å². The van der Waals surface area contributed by atoms with Gasteiger partial charge in [0.25, 0.3) is 0 Å². The second kappa shape index (κ2) is 8.85. The van der Waals surface area contributed by atoms with Crippen molar-refractivity contribution < 1.29 is 9.84 Å². The fourth-order valence-electron chi connectivity index (χ4n) is 4.32. The van der Waals surface area contributed by atoms with Crippen molar-refractivity contribution in [2.24, 2.45) is 5.92 Å². The van der Waals surface area contributed by atoms with Crippen molar-refractivity contribution in [3.8, 4) is 40.5 Å². The van der Waals surface area contributed by atoms with Crippen LogP contribution < -0.4 is 4.74 Å². The number of pyridine rings is 1. The van der Waals surface area contributed by atoms with Crippen LogP contribution in [0.1, 0.15) is 19.3 Å². The van der Waals surface area contributed by atoms with E-state index in [2.05, 4.69) is 32.2 Å². The SMILES string of the molecule is N#CCC1(n2ncc(-c3cc(-c4ncc(OCCO)cn4)cc4ncccc34)n2)CC(C#N)C1. The molecule has 5 rings (SSSR count). The second-order valence-electron chi connectivity index (χ2n) is 8.22. The standard InChI is InChI=1S/C24H20N8O2/c25-4-3-24(10-16(11-24)12-26)32-30-15-22(31-32)20-8-17(9-21-19(20)2-1-5-27-21)23-28-13-18(14-29-23)34-7-6-33/h1-2,5,8-9,13-16,33H,3,6-7,10-11H2. The molecule has 0 aliphatic heterocycles. The lowest BCUT2D eigenvalue weighted by Gasteiger charge is -2.42. The third-order valence-electron chi connectivity index (χ3n) is 6.00. The molecule has 0 bridgehead atoms. The van der Waals surface area contributed by atoms with E-state index < -0.39 is 5.54 Å². The average Bonchev–Trinajstić information content (AvgIpc) is 3.35. The summed E-state index contributed by atoms with van der Waals surface area (Å²) in [6, 6.07) is 12.2. The number of aliphatic hydroxyl groups is 1. The molecule has 3 heterocycles. The molecule has 0 amide bonds. The van der Waals surface area contributed by atoms with E-state index in [-0.39, 0.29) is 25.6 Å². The zero-order chi connectivity index (χ0) is 23.5. The molecule has 10 nitrogen and oxygen atoms in total. The molecule has 1 N–H and O–H groups in total. The molecule has 34 heavy (non-hydrogen) atoms. The van der Waals surface area contributed by atoms with Crippen LogP contribution in [-0.4, -0.2) is 48.3 Å². The van der Waals surface area contributed by atoms with Crippen LogP contribution in [0.5, 0.6) is 5.75 Å². The van der Waals surface area contributed by atoms with Crippen molar-refractivity contribution in [1.29, 1.82) is 10.5 Å². The van der Waals surface area contributed by atoms with Gasteiger partial charge in [-0.2, -0.15) is 25.5 Å². The van der Waals surface area contributed by atoms with E-state index in [0.717, 1.165) is 22.0 Å². The summed E-state index contributed by atoms with van der Waals surface area (Å²) in [5.74, 6) is 0.880. The maximum Gasteiger partial charge on any atom is 0.159 e. The first-order valence-electron chi connectivity index (χ1n) is 10.8. The van der Waals surface area contributed by atoms with Gasteiger partial charge in [0.15, 0.2) is 11.6 Å². The fourth-order valence-corrected chi connectivity index (χ4v) is 4.32. The monoisotopic (exact) mass is 452 g/mol. The Morgan fingerprint density at radius 2 is 1.97 bits per heavy atom. The van der Waals surface area contributed by atoms with Crippen molar-refractivity contribution >= 4 is 10.9 Å². The number of nitriles is 2. The molecule has 0 radical (unpaired) electrons. The van der Waals surface area contributed by atoms with Crippen LogP contribution in [0.15, 0.2) is 49.1 Å². The number of hydrogen-bond acceptors (Lipinski definition) is 9. The Hall–Kier alpha value is -4.41. The predicted octanol–water partition coefficient (Wildman–Crippen LogP) is 2.86. The molecule has 10 heteroatoms. The van der Waals surface area contributed by atoms with Gasteiger partial charge in [0, 0.05) is 22.7 Å². The van der Waals surface area contributed by atoms with Crippen molar-refractivity contribution in [2.45, 2.75) is 24.8 Å². The van der Waals surface area contributed by atoms with Gasteiger partial charge in [-0.1, -0.05) is 6.07 Å². The maximum atomic E-state index is 9.34. The number of ether oxygens (including phenoxy) is 1. The fraction of sp³-hybridized carbons (Fsp3) is 0.292. The zero-order valence-electron chi connectivity index (χ0n) is 18.2. The molecule has 0 unspecified atom stereocenters. The van der Waals surface area contributed by atoms with Gasteiger partial charge in [-0.3, -0.25) is 4.98 Å². The predicted molar refractivity (Wildman–Crippen MR) is 121 cm³/mol. The minimum absolute atomic E-state index is 0.0855. The van der Waals surface area contributed by atoms with Gasteiger partial charge in [-0.05, 0) is 31.0 Å². The summed E-state index contributed by atoms with van der Waals surface area (Å²) in [6.07, 6.45) is 7.89. The van der Waals surface area contributed by atoms with Crippen molar-refractivity contribution in [3.63, 3.8) is 0 Å². The van der Waals surface area contributed by atoms with Crippen molar-refractivity contribution in [3.05, 3.63) is 49.1 Å². The summed E-state index contributed by atoms with van der Waals surface area (Å²) >= 11 is 0. The number of nitrogens with zero attached hydrogens (tertiary/aromatic N) is 8. The molecule has 0 spiro atoms. The van der Waals surface area contributed by atoms with Crippen LogP contribution in [0.3, 0.4) is 0 Å². The van der Waals surface area contributed by atoms with Crippen LogP contribution >= 0.6 is 0 Å². The largest absolute Gasteiger partial charge is 0.488 e. The third kappa shape index (κ3) is 3.81. The van der Waals surface area contributed by atoms with Gasteiger partial charge in [0.05, 0.1) is 60.7 Å². The highest BCUT2D eigenvalue weighted by Crippen LogP contribution is 2.45. The van der Waals surface area contributed by atoms with E-state index in [1.807, 2.05) is 24.3 Å². The lowest BCUT2D eigenvalue weighted by atomic mass is 9.68. The second-order valence-corrected chi connectivity index (χ2v) is 8.22. The van der Waals surface area contributed by atoms with E-state index >= 15 is 0 Å². The highest BCUT2D eigenvalue weighted by atomic mass is 16.5. The lowest BCUT2D eigenvalue weighted by molar-refractivity contribution is 0.0713. The van der Waals surface area contributed by atoms with Crippen LogP contribution in [0.4, 0.5) is 0 Å². The number of aromatic nitrogens is 6. The van der Waals surface area contributed by atoms with Gasteiger partial charge in [-0.15, -0.1) is 0 Å². The molecule has 168 valence electrons. The van der Waals surface area contributed by atoms with E-state index in [0.29, 0.717) is 30.1 Å². The Morgan fingerprint density at radius 3 is 2.71 bits per heavy atom. The van der Waals surface area contributed by atoms with Gasteiger partial charge >= 0.3 is 0 Å². The Morgan fingerprint density at radius 1 is 1.15 bits per heavy atom. The summed E-state index contributed by atoms with van der Waals surface area (Å²) in [7, 11) is 0. The molecule has 0 atom stereocenters. The van der Waals surface area contributed by atoms with Crippen molar-refractivity contribution in [1.82, 2.24) is 29.9 Å². The third-order valence-corrected chi connectivity index (χ3v) is 6.00. The summed E-state index contributed by atoms with van der Waals surface area (Å²) in [5.41, 5.74) is 2.42. The quantitative estimate of drug-likeness (QED) is 0.447. The van der Waals surface area contributed by atoms with E-state index in [9.17, 15) is 10.5 Å². The first-order chi connectivity index (χ1) is 16.7. The number of benzene rings is 1. The molecule has 1 aliphatic carbocycles. The molecule has 0 saturated heterocycles. The molecular formula is C24H20N8O2. The van der Waals surface area contributed by atoms with E-state index in [1.165, 1.54) is 0 Å². The lowest BCUT2D eigenvalue weighted by Crippen LogP contribution is -2.47. The molecule has 4 aromatic rings. The Balaban J connectivity index is 1.54. The highest BCUT2D eigenvalue weighted by molar-refractivity contribution is 5.96. The smallest absolute Gasteiger partial charge is 0.159 e. The number of hydrogen-bond donors (Lipinski definition) is 1. The molecular weight excluding hydrogens is 432 g/mol. The molecule has 1 fully saturated rings. The number of rotatable bonds is 7. The van der Waals surface area contributed by atoms with Gasteiger partial charge in [0.1, 0.15) is 12.3 Å². The first-order valence-corrected chi connectivity index (χ1v) is 10.8. The highest BCUT2D eigenvalue weighted by Gasteiger charge is 2.48. The van der Waals surface area contributed by atoms with E-state index in [1.54, 1.807) is 29.6 Å². The average molecular weight is 452 g/mol. The zero-order valence-corrected chi connectivity index (χ0v) is 18.2. The molecule has 3 aromatic heterocycles. The van der Waals surface area contributed by atoms with Gasteiger partial charge < -0.3 is 9.84 Å². The maximum absolute atomic E-state index is 9.34. The minimum atomic E-state index is -0.549. The summed E-state index contributed by atoms with van der Waals surface area (Å²) in [4.78, 5) is 14.9. The topological polar surface area (TPSA) is 146 Å². The van der Waals surface area contributed by atoms with Gasteiger partial charge in [-0.25, -0.2) is 9.97 Å². The Bertz CT molecular complexity index is 1410. The summed E-state index contributed by atoms with van der Waals surface area (Å²) in [5, 5.41) is 37.6. The normalized spacial score (nSPS) is 19.2. The Kier molecular flexibility index (Phi) is 5.58. The number of aliphatic hydroxyl groups excluding tert-OH is 1. The van der Waals surface area contributed by atoms with Crippen LogP contribution in [0.2, 0.25) is 0 Å². The summed E-state index contributed by atoms with van der Waals surface area (Å²) in [6.45, 7) is 0.0831. The molecule has 1 saturated carbocycles. The van der Waals surface area contributed by atoms with Crippen LogP contribution in [-0.2, 0) is 5.54 Å². The van der Waals surface area contributed by atoms with Crippen molar-refractivity contribution in [2.75, 3.05) is 13.2 Å². The Labute approximate surface area is 195 Å². The summed E-state index contributed by atoms with van der Waals surface area (Å²) < 4.78 is 5.34. The molecule has 1 aliphatic rings. The molecule has 1 aromatic carbocycles. The minimum Gasteiger partial charge on any atom is -0.488 e. The first kappa shape index (κ1) is 21.4. The van der Waals surface area contributed by atoms with Crippen LogP contribution in [0, 0.1) is 28.6 Å². The van der Waals surface area contributed by atoms with Crippen LogP contribution in [0.25, 0.3) is 33.5 Å².